The van der Waals surface area contributed by atoms with Gasteiger partial charge >= 0.3 is 5.97 Å². The number of ketones is 1. The Morgan fingerprint density at radius 3 is 2.60 bits per heavy atom. The van der Waals surface area contributed by atoms with Gasteiger partial charge in [0.05, 0.1) is 18.7 Å². The SMILES string of the molecule is CCOC(=O)Cc1csc(NC(=O)c2ccc(COc3ccc(C(C)=O)cc3)o2)n1. The average Bonchev–Trinajstić information content (AvgIpc) is 3.36. The maximum absolute atomic E-state index is 12.3. The molecule has 1 aromatic carbocycles. The summed E-state index contributed by atoms with van der Waals surface area (Å²) in [7, 11) is 0. The minimum atomic E-state index is -0.455. The van der Waals surface area contributed by atoms with Crippen LogP contribution in [0.2, 0.25) is 0 Å². The lowest BCUT2D eigenvalue weighted by atomic mass is 10.1. The van der Waals surface area contributed by atoms with E-state index in [0.717, 1.165) is 0 Å². The van der Waals surface area contributed by atoms with Gasteiger partial charge in [-0.2, -0.15) is 0 Å². The topological polar surface area (TPSA) is 108 Å². The lowest BCUT2D eigenvalue weighted by Gasteiger charge is -2.04. The van der Waals surface area contributed by atoms with Crippen LogP contribution in [0, 0.1) is 0 Å². The molecule has 3 aromatic rings. The van der Waals surface area contributed by atoms with Gasteiger partial charge in [-0.3, -0.25) is 19.7 Å². The summed E-state index contributed by atoms with van der Waals surface area (Å²) in [6, 6.07) is 9.95. The third-order valence-electron chi connectivity index (χ3n) is 3.93. The molecular weight excluding hydrogens is 408 g/mol. The van der Waals surface area contributed by atoms with Gasteiger partial charge in [0.15, 0.2) is 16.7 Å². The number of hydrogen-bond donors (Lipinski definition) is 1. The molecule has 0 bridgehead atoms. The Morgan fingerprint density at radius 2 is 1.90 bits per heavy atom. The molecule has 0 saturated heterocycles. The van der Waals surface area contributed by atoms with Crippen LogP contribution in [0.1, 0.15) is 46.2 Å². The molecule has 3 rings (SSSR count). The van der Waals surface area contributed by atoms with Gasteiger partial charge in [-0.25, -0.2) is 4.98 Å². The highest BCUT2D eigenvalue weighted by atomic mass is 32.1. The van der Waals surface area contributed by atoms with Crippen LogP contribution in [-0.2, 0) is 22.6 Å². The smallest absolute Gasteiger partial charge is 0.311 e. The van der Waals surface area contributed by atoms with Crippen molar-refractivity contribution in [3.8, 4) is 5.75 Å². The number of amides is 1. The predicted molar refractivity (Wildman–Crippen MR) is 110 cm³/mol. The average molecular weight is 428 g/mol. The van der Waals surface area contributed by atoms with Gasteiger partial charge in [0.2, 0.25) is 0 Å². The minimum Gasteiger partial charge on any atom is -0.486 e. The molecule has 30 heavy (non-hydrogen) atoms. The number of rotatable bonds is 9. The number of furan rings is 1. The van der Waals surface area contributed by atoms with Crippen LogP contribution in [-0.4, -0.2) is 29.3 Å². The van der Waals surface area contributed by atoms with Gasteiger partial charge in [0.25, 0.3) is 5.91 Å². The zero-order valence-electron chi connectivity index (χ0n) is 16.5. The molecule has 2 aromatic heterocycles. The van der Waals surface area contributed by atoms with E-state index < -0.39 is 5.91 Å². The summed E-state index contributed by atoms with van der Waals surface area (Å²) in [5.74, 6) is 0.327. The second-order valence-corrected chi connectivity index (χ2v) is 7.07. The zero-order chi connectivity index (χ0) is 21.5. The van der Waals surface area contributed by atoms with Gasteiger partial charge in [-0.15, -0.1) is 11.3 Å². The van der Waals surface area contributed by atoms with Gasteiger partial charge in [0.1, 0.15) is 18.1 Å². The molecule has 2 heterocycles. The van der Waals surface area contributed by atoms with Crippen LogP contribution in [0.5, 0.6) is 5.75 Å². The molecule has 1 N–H and O–H groups in total. The lowest BCUT2D eigenvalue weighted by Crippen LogP contribution is -2.11. The number of esters is 1. The number of benzene rings is 1. The molecule has 0 atom stereocenters. The maximum Gasteiger partial charge on any atom is 0.311 e. The zero-order valence-corrected chi connectivity index (χ0v) is 17.3. The lowest BCUT2D eigenvalue weighted by molar-refractivity contribution is -0.142. The van der Waals surface area contributed by atoms with Crippen molar-refractivity contribution in [1.82, 2.24) is 4.98 Å². The van der Waals surface area contributed by atoms with Gasteiger partial charge in [-0.1, -0.05) is 0 Å². The van der Waals surface area contributed by atoms with E-state index in [0.29, 0.717) is 34.5 Å². The summed E-state index contributed by atoms with van der Waals surface area (Å²) in [6.45, 7) is 3.67. The van der Waals surface area contributed by atoms with Crippen LogP contribution >= 0.6 is 11.3 Å². The molecule has 0 saturated carbocycles. The number of aromatic nitrogens is 1. The van der Waals surface area contributed by atoms with E-state index in [-0.39, 0.29) is 30.5 Å². The van der Waals surface area contributed by atoms with E-state index in [4.69, 9.17) is 13.9 Å². The van der Waals surface area contributed by atoms with Gasteiger partial charge in [0, 0.05) is 10.9 Å². The van der Waals surface area contributed by atoms with Gasteiger partial charge in [-0.05, 0) is 50.2 Å². The Hall–Kier alpha value is -3.46. The van der Waals surface area contributed by atoms with Crippen LogP contribution in [0.3, 0.4) is 0 Å². The number of anilines is 1. The van der Waals surface area contributed by atoms with Crippen LogP contribution in [0.25, 0.3) is 0 Å². The summed E-state index contributed by atoms with van der Waals surface area (Å²) < 4.78 is 16.0. The molecule has 1 amide bonds. The number of Topliss-reactive ketones (excluding diaryl/α,β-unsaturated/α-hetero) is 1. The second-order valence-electron chi connectivity index (χ2n) is 6.22. The molecule has 8 nitrogen and oxygen atoms in total. The Morgan fingerprint density at radius 1 is 1.13 bits per heavy atom. The fraction of sp³-hybridized carbons (Fsp3) is 0.238. The summed E-state index contributed by atoms with van der Waals surface area (Å²) in [4.78, 5) is 39.3. The van der Waals surface area contributed by atoms with Crippen molar-refractivity contribution >= 4 is 34.1 Å². The molecule has 9 heteroatoms. The van der Waals surface area contributed by atoms with Crippen LogP contribution in [0.4, 0.5) is 5.13 Å². The first-order chi connectivity index (χ1) is 14.4. The summed E-state index contributed by atoms with van der Waals surface area (Å²) in [5.41, 5.74) is 1.13. The largest absolute Gasteiger partial charge is 0.486 e. The maximum atomic E-state index is 12.3. The van der Waals surface area contributed by atoms with Gasteiger partial charge < -0.3 is 13.9 Å². The first-order valence-corrected chi connectivity index (χ1v) is 10.1. The predicted octanol–water partition coefficient (Wildman–Crippen LogP) is 3.88. The summed E-state index contributed by atoms with van der Waals surface area (Å²) >= 11 is 1.21. The Balaban J connectivity index is 1.53. The molecule has 0 radical (unpaired) electrons. The Kier molecular flexibility index (Phi) is 6.97. The fourth-order valence-corrected chi connectivity index (χ4v) is 3.19. The molecule has 0 aliphatic rings. The number of thiazole rings is 1. The molecule has 0 aliphatic heterocycles. The van der Waals surface area contributed by atoms with Crippen molar-refractivity contribution in [3.63, 3.8) is 0 Å². The first-order valence-electron chi connectivity index (χ1n) is 9.18. The van der Waals surface area contributed by atoms with E-state index >= 15 is 0 Å². The minimum absolute atomic E-state index is 0.0171. The van der Waals surface area contributed by atoms with Crippen molar-refractivity contribution < 1.29 is 28.3 Å². The quantitative estimate of drug-likeness (QED) is 0.407. The molecule has 0 fully saturated rings. The van der Waals surface area contributed by atoms with Crippen molar-refractivity contribution in [3.05, 3.63) is 64.6 Å². The number of ether oxygens (including phenoxy) is 2. The molecular formula is C21H20N2O6S. The highest BCUT2D eigenvalue weighted by Gasteiger charge is 2.15. The van der Waals surface area contributed by atoms with E-state index in [1.54, 1.807) is 48.7 Å². The molecule has 0 aliphatic carbocycles. The standard InChI is InChI=1S/C21H20N2O6S/c1-3-27-19(25)10-15-12-30-21(22-15)23-20(26)18-9-8-17(29-18)11-28-16-6-4-14(5-7-16)13(2)24/h4-9,12H,3,10-11H2,1-2H3,(H,22,23,26). The van der Waals surface area contributed by atoms with Crippen molar-refractivity contribution in [2.24, 2.45) is 0 Å². The highest BCUT2D eigenvalue weighted by Crippen LogP contribution is 2.19. The van der Waals surface area contributed by atoms with Crippen molar-refractivity contribution in [1.29, 1.82) is 0 Å². The van der Waals surface area contributed by atoms with Crippen molar-refractivity contribution in [2.75, 3.05) is 11.9 Å². The molecule has 156 valence electrons. The van der Waals surface area contributed by atoms with E-state index in [1.807, 2.05) is 0 Å². The second kappa shape index (κ2) is 9.84. The Bertz CT molecular complexity index is 1040. The number of hydrogen-bond acceptors (Lipinski definition) is 8. The summed E-state index contributed by atoms with van der Waals surface area (Å²) in [6.07, 6.45) is 0.0514. The van der Waals surface area contributed by atoms with E-state index in [9.17, 15) is 14.4 Å². The van der Waals surface area contributed by atoms with Crippen molar-refractivity contribution in [2.45, 2.75) is 26.9 Å². The normalized spacial score (nSPS) is 10.5. The third kappa shape index (κ3) is 5.77. The summed E-state index contributed by atoms with van der Waals surface area (Å²) in [5, 5.41) is 4.68. The highest BCUT2D eigenvalue weighted by molar-refractivity contribution is 7.14. The fourth-order valence-electron chi connectivity index (χ4n) is 2.48. The molecule has 0 spiro atoms. The van der Waals surface area contributed by atoms with E-state index in [2.05, 4.69) is 10.3 Å². The Labute approximate surface area is 176 Å². The number of carbonyl (C=O) groups excluding carboxylic acids is 3. The van der Waals surface area contributed by atoms with Crippen LogP contribution in [0.15, 0.2) is 46.2 Å². The number of carbonyl (C=O) groups is 3. The van der Waals surface area contributed by atoms with Crippen LogP contribution < -0.4 is 10.1 Å². The third-order valence-corrected chi connectivity index (χ3v) is 4.74. The molecule has 0 unspecified atom stereocenters. The first kappa shape index (κ1) is 21.3. The number of nitrogens with zero attached hydrogens (tertiary/aromatic N) is 1. The number of nitrogens with one attached hydrogen (secondary N) is 1. The monoisotopic (exact) mass is 428 g/mol. The van der Waals surface area contributed by atoms with E-state index in [1.165, 1.54) is 18.3 Å².